The first-order chi connectivity index (χ1) is 54.8. The van der Waals surface area contributed by atoms with Crippen molar-refractivity contribution in [2.24, 2.45) is 11.5 Å². The maximum Gasteiger partial charge on any atom is 0.251 e. The van der Waals surface area contributed by atoms with Crippen LogP contribution in [0, 0.1) is 0 Å². The minimum atomic E-state index is -0.505. The van der Waals surface area contributed by atoms with Gasteiger partial charge in [0, 0.05) is 133 Å². The van der Waals surface area contributed by atoms with Gasteiger partial charge in [-0.3, -0.25) is 33.7 Å². The van der Waals surface area contributed by atoms with E-state index in [1.165, 1.54) is 36.0 Å². The zero-order valence-corrected chi connectivity index (χ0v) is 70.4. The van der Waals surface area contributed by atoms with Crippen molar-refractivity contribution in [1.82, 2.24) is 51.5 Å². The number of benzene rings is 8. The lowest BCUT2D eigenvalue weighted by atomic mass is 9.90. The summed E-state index contributed by atoms with van der Waals surface area (Å²) in [6.07, 6.45) is 10.7. The average molecular weight is 1630 g/mol. The number of nitrogens with two attached hydrogens (primary N) is 2. The summed E-state index contributed by atoms with van der Waals surface area (Å²) in [6.45, 7) is 22.8. The van der Waals surface area contributed by atoms with Gasteiger partial charge in [-0.25, -0.2) is 0 Å². The van der Waals surface area contributed by atoms with E-state index in [-0.39, 0.29) is 83.0 Å². The van der Waals surface area contributed by atoms with Crippen LogP contribution in [-0.2, 0) is 14.4 Å². The van der Waals surface area contributed by atoms with E-state index < -0.39 is 11.6 Å². The highest BCUT2D eigenvalue weighted by molar-refractivity contribution is 6.42. The molecule has 0 radical (unpaired) electrons. The first-order valence-electron chi connectivity index (χ1n) is 41.0. The van der Waals surface area contributed by atoms with E-state index >= 15 is 0 Å². The largest absolute Gasteiger partial charge is 0.350 e. The van der Waals surface area contributed by atoms with Crippen molar-refractivity contribution in [2.45, 2.75) is 191 Å². The molecule has 610 valence electrons. The molecule has 12 rings (SSSR count). The molecule has 4 fully saturated rings. The van der Waals surface area contributed by atoms with Gasteiger partial charge in [0.25, 0.3) is 17.7 Å². The Bertz CT molecular complexity index is 4470. The van der Waals surface area contributed by atoms with E-state index in [1.807, 2.05) is 139 Å². The summed E-state index contributed by atoms with van der Waals surface area (Å²) in [5.74, 6) is 0.710. The van der Waals surface area contributed by atoms with Gasteiger partial charge in [-0.2, -0.15) is 0 Å². The minimum absolute atomic E-state index is 0.00359. The number of hydrogen-bond acceptors (Lipinski definition) is 12. The lowest BCUT2D eigenvalue weighted by Crippen LogP contribution is -2.56. The molecule has 0 aromatic heterocycles. The third kappa shape index (κ3) is 25.5. The SMILES string of the molecule is CC[C@H](CN1CC[C@@H](CNC(=O)c2ccc(Cl)c(Cl)c2)N[C@@H](CCN)C1=O)c1ccccc1.CC[C@H](CN1CC[C@@H](CNC(=O)c2ccc3cc(Cl)ccc3c2)N[C@@H](CC(C)(C)N2CCCCC2)C1=O)c1ccccc1.CC[C@H](CN1CC[C@H](CNC(=O)c2ccc3cc(Cl)ccc3c2)N[C@H](CC(C)(C)N)C1=O)c1ccccc1. The number of carbonyl (C=O) groups is 6. The van der Waals surface area contributed by atoms with Gasteiger partial charge in [0.05, 0.1) is 28.2 Å². The van der Waals surface area contributed by atoms with Gasteiger partial charge in [0.15, 0.2) is 0 Å². The monoisotopic (exact) mass is 1630 g/mol. The number of amides is 6. The molecule has 18 nitrogen and oxygen atoms in total. The van der Waals surface area contributed by atoms with Gasteiger partial charge in [-0.05, 0) is 223 Å². The standard InChI is InChI=1S/C36H47ClN4O2.C31H39ClN4O2.C25H32Cl2N4O2/c1-4-26(27-11-7-5-8-12-27)25-40-20-17-32(39-33(35(40)43)23-36(2,3)41-18-9-6-10-19-41)24-38-34(42)30-14-13-29-22-31(37)16-15-28(29)21-30;1-4-21(22-8-6-5-7-9-22)20-36-15-14-27(35-28(30(36)38)18-31(2,3)33)19-34-29(37)25-11-10-24-17-26(32)13-12-23(24)16-25;1-2-17(18-6-4-3-5-7-18)16-31-13-11-20(30-23(10-12-28)25(31)33)15-29-24(32)19-8-9-21(26)22(27)14-19/h5,7-8,11-16,21-22,26,32-33,39H,4,6,9-10,17-20,23-25H2,1-3H3,(H,38,42);5-13,16-17,21,27-28,35H,4,14-15,18-20,33H2,1-3H3,(H,34,37);3-9,14,17,20,23,30H,2,10-13,15-16,28H2,1H3,(H,29,32)/t26-,32+,33+;21-,27-,28-;17-,20+,23+/m111/s1. The molecule has 22 heteroatoms. The van der Waals surface area contributed by atoms with Crippen molar-refractivity contribution in [3.8, 4) is 0 Å². The quantitative estimate of drug-likeness (QED) is 0.0229. The van der Waals surface area contributed by atoms with Crippen molar-refractivity contribution in [2.75, 3.05) is 78.5 Å². The number of nitrogens with zero attached hydrogens (tertiary/aromatic N) is 4. The van der Waals surface area contributed by atoms with Crippen LogP contribution in [-0.4, -0.2) is 181 Å². The van der Waals surface area contributed by atoms with E-state index in [0.717, 1.165) is 79.6 Å². The number of carbonyl (C=O) groups excluding carboxylic acids is 6. The Morgan fingerprint density at radius 2 is 0.789 bits per heavy atom. The molecule has 0 bridgehead atoms. The van der Waals surface area contributed by atoms with Crippen molar-refractivity contribution in [3.05, 3.63) is 235 Å². The molecule has 0 spiro atoms. The molecular formula is C92H118Cl4N12O6. The second-order valence-electron chi connectivity index (χ2n) is 32.5. The van der Waals surface area contributed by atoms with Gasteiger partial charge in [0.2, 0.25) is 17.7 Å². The topological polar surface area (TPSA) is 240 Å². The summed E-state index contributed by atoms with van der Waals surface area (Å²) in [5, 5.41) is 25.9. The van der Waals surface area contributed by atoms with E-state index in [0.29, 0.717) is 121 Å². The maximum atomic E-state index is 14.2. The van der Waals surface area contributed by atoms with Crippen LogP contribution in [0.15, 0.2) is 182 Å². The summed E-state index contributed by atoms with van der Waals surface area (Å²) in [7, 11) is 0. The van der Waals surface area contributed by atoms with Crippen LogP contribution < -0.4 is 43.4 Å². The first kappa shape index (κ1) is 88.4. The fourth-order valence-corrected chi connectivity index (χ4v) is 16.9. The molecule has 0 unspecified atom stereocenters. The van der Waals surface area contributed by atoms with E-state index in [2.05, 4.69) is 125 Å². The third-order valence-corrected chi connectivity index (χ3v) is 24.1. The molecule has 8 aromatic carbocycles. The zero-order valence-electron chi connectivity index (χ0n) is 67.4. The van der Waals surface area contributed by atoms with Crippen molar-refractivity contribution >= 4 is 103 Å². The van der Waals surface area contributed by atoms with Crippen LogP contribution in [0.5, 0.6) is 0 Å². The molecule has 4 aliphatic rings. The second kappa shape index (κ2) is 42.8. The van der Waals surface area contributed by atoms with E-state index in [1.54, 1.807) is 18.2 Å². The van der Waals surface area contributed by atoms with Crippen LogP contribution in [0.2, 0.25) is 20.1 Å². The zero-order chi connectivity index (χ0) is 81.5. The number of halogens is 4. The normalized spacial score (nSPS) is 20.1. The predicted octanol–water partition coefficient (Wildman–Crippen LogP) is 15.6. The Kier molecular flexibility index (Phi) is 33.2. The highest BCUT2D eigenvalue weighted by Crippen LogP contribution is 2.32. The summed E-state index contributed by atoms with van der Waals surface area (Å²) >= 11 is 24.2. The number of piperidine rings is 1. The van der Waals surface area contributed by atoms with Crippen LogP contribution in [0.25, 0.3) is 21.5 Å². The predicted molar refractivity (Wildman–Crippen MR) is 466 cm³/mol. The summed E-state index contributed by atoms with van der Waals surface area (Å²) in [6, 6.07) is 57.5. The molecule has 4 heterocycles. The van der Waals surface area contributed by atoms with E-state index in [9.17, 15) is 28.8 Å². The highest BCUT2D eigenvalue weighted by Gasteiger charge is 2.40. The number of rotatable bonds is 28. The lowest BCUT2D eigenvalue weighted by molar-refractivity contribution is -0.134. The molecule has 114 heavy (non-hydrogen) atoms. The smallest absolute Gasteiger partial charge is 0.251 e. The molecule has 0 saturated carbocycles. The average Bonchev–Trinajstić information content (AvgIpc) is 1.39. The van der Waals surface area contributed by atoms with Gasteiger partial charge in [-0.1, -0.05) is 189 Å². The number of hydrogen-bond donors (Lipinski definition) is 8. The van der Waals surface area contributed by atoms with E-state index in [4.69, 9.17) is 57.9 Å². The van der Waals surface area contributed by atoms with Crippen LogP contribution in [0.3, 0.4) is 0 Å². The Morgan fingerprint density at radius 1 is 0.439 bits per heavy atom. The van der Waals surface area contributed by atoms with Crippen molar-refractivity contribution in [1.29, 1.82) is 0 Å². The van der Waals surface area contributed by atoms with Crippen molar-refractivity contribution < 1.29 is 28.8 Å². The molecule has 0 aliphatic carbocycles. The molecule has 9 atom stereocenters. The molecular weight excluding hydrogens is 1510 g/mol. The molecule has 6 amide bonds. The maximum absolute atomic E-state index is 14.2. The van der Waals surface area contributed by atoms with Gasteiger partial charge in [-0.15, -0.1) is 0 Å². The number of nitrogens with one attached hydrogen (secondary N) is 6. The number of fused-ring (bicyclic) bond motifs is 2. The highest BCUT2D eigenvalue weighted by atomic mass is 35.5. The van der Waals surface area contributed by atoms with Crippen molar-refractivity contribution in [3.63, 3.8) is 0 Å². The minimum Gasteiger partial charge on any atom is -0.350 e. The molecule has 4 aliphatic heterocycles. The summed E-state index contributed by atoms with van der Waals surface area (Å²) in [5.41, 5.74) is 17.0. The molecule has 10 N–H and O–H groups in total. The Hall–Kier alpha value is -7.98. The molecule has 4 saturated heterocycles. The fourth-order valence-electron chi connectivity index (χ4n) is 16.3. The Balaban J connectivity index is 0.000000183. The number of likely N-dealkylation sites (tertiary alicyclic amines) is 1. The summed E-state index contributed by atoms with van der Waals surface area (Å²) in [4.78, 5) is 88.5. The van der Waals surface area contributed by atoms with Crippen LogP contribution >= 0.6 is 46.4 Å². The van der Waals surface area contributed by atoms with Gasteiger partial charge >= 0.3 is 0 Å². The van der Waals surface area contributed by atoms with Gasteiger partial charge < -0.3 is 58.1 Å². The Labute approximate surface area is 695 Å². The first-order valence-corrected chi connectivity index (χ1v) is 42.5. The van der Waals surface area contributed by atoms with Gasteiger partial charge in [0.1, 0.15) is 0 Å². The van der Waals surface area contributed by atoms with Crippen LogP contribution in [0.4, 0.5) is 0 Å². The third-order valence-electron chi connectivity index (χ3n) is 22.9. The molecule has 8 aromatic rings. The lowest BCUT2D eigenvalue weighted by Gasteiger charge is -2.43. The summed E-state index contributed by atoms with van der Waals surface area (Å²) < 4.78 is 0. The second-order valence-corrected chi connectivity index (χ2v) is 34.2. The Morgan fingerprint density at radius 3 is 1.17 bits per heavy atom. The fraction of sp³-hybridized carbons (Fsp3) is 0.457. The van der Waals surface area contributed by atoms with Crippen LogP contribution in [0.1, 0.15) is 191 Å².